The van der Waals surface area contributed by atoms with Crippen molar-refractivity contribution in [3.63, 3.8) is 0 Å². The van der Waals surface area contributed by atoms with Crippen molar-refractivity contribution in [3.05, 3.63) is 60.4 Å². The molecule has 2 amide bonds. The summed E-state index contributed by atoms with van der Waals surface area (Å²) in [6.45, 7) is 6.13. The fourth-order valence-electron chi connectivity index (χ4n) is 2.43. The summed E-state index contributed by atoms with van der Waals surface area (Å²) < 4.78 is 5.49. The van der Waals surface area contributed by atoms with Crippen LogP contribution in [-0.4, -0.2) is 29.9 Å². The Kier molecular flexibility index (Phi) is 4.29. The molecule has 0 spiro atoms. The van der Waals surface area contributed by atoms with E-state index < -0.39 is 0 Å². The number of nitrogens with zero attached hydrogens (tertiary/aromatic N) is 2. The fourth-order valence-corrected chi connectivity index (χ4v) is 2.43. The minimum atomic E-state index is -0.256. The molecule has 1 aromatic carbocycles. The lowest BCUT2D eigenvalue weighted by Crippen LogP contribution is -2.39. The monoisotopic (exact) mass is 323 g/mol. The zero-order valence-electron chi connectivity index (χ0n) is 13.3. The first-order valence-electron chi connectivity index (χ1n) is 7.47. The SMILES string of the molecule is C=C(C)CN1C(=O)COc2cc(NC(=O)c3cccnc3)ccc21. The van der Waals surface area contributed by atoms with Gasteiger partial charge >= 0.3 is 0 Å². The highest BCUT2D eigenvalue weighted by Gasteiger charge is 2.25. The van der Waals surface area contributed by atoms with Gasteiger partial charge in [0, 0.05) is 30.7 Å². The summed E-state index contributed by atoms with van der Waals surface area (Å²) in [6, 6.07) is 8.59. The predicted molar refractivity (Wildman–Crippen MR) is 91.3 cm³/mol. The Morgan fingerprint density at radius 2 is 2.25 bits per heavy atom. The molecular weight excluding hydrogens is 306 g/mol. The van der Waals surface area contributed by atoms with Gasteiger partial charge in [0.25, 0.3) is 11.8 Å². The highest BCUT2D eigenvalue weighted by molar-refractivity contribution is 6.05. The Morgan fingerprint density at radius 3 is 2.96 bits per heavy atom. The largest absolute Gasteiger partial charge is 0.481 e. The molecule has 0 saturated heterocycles. The molecular formula is C18H17N3O3. The van der Waals surface area contributed by atoms with Crippen LogP contribution in [0.15, 0.2) is 54.9 Å². The molecule has 1 aromatic heterocycles. The van der Waals surface area contributed by atoms with Crippen molar-refractivity contribution in [2.45, 2.75) is 6.92 Å². The third-order valence-corrected chi connectivity index (χ3v) is 3.51. The van der Waals surface area contributed by atoms with Crippen molar-refractivity contribution < 1.29 is 14.3 Å². The van der Waals surface area contributed by atoms with E-state index >= 15 is 0 Å². The minimum Gasteiger partial charge on any atom is -0.481 e. The number of benzene rings is 1. The van der Waals surface area contributed by atoms with Crippen LogP contribution >= 0.6 is 0 Å². The number of anilines is 2. The first-order valence-corrected chi connectivity index (χ1v) is 7.47. The van der Waals surface area contributed by atoms with Crippen LogP contribution in [-0.2, 0) is 4.79 Å². The van der Waals surface area contributed by atoms with Gasteiger partial charge in [-0.15, -0.1) is 0 Å². The van der Waals surface area contributed by atoms with E-state index in [4.69, 9.17) is 4.74 Å². The third-order valence-electron chi connectivity index (χ3n) is 3.51. The van der Waals surface area contributed by atoms with Crippen LogP contribution < -0.4 is 15.0 Å². The Hall–Kier alpha value is -3.15. The van der Waals surface area contributed by atoms with Crippen molar-refractivity contribution in [2.24, 2.45) is 0 Å². The van der Waals surface area contributed by atoms with Crippen molar-refractivity contribution in [2.75, 3.05) is 23.4 Å². The Morgan fingerprint density at radius 1 is 1.42 bits per heavy atom. The summed E-state index contributed by atoms with van der Waals surface area (Å²) in [7, 11) is 0. The highest BCUT2D eigenvalue weighted by Crippen LogP contribution is 2.34. The van der Waals surface area contributed by atoms with E-state index in [1.807, 2.05) is 6.92 Å². The van der Waals surface area contributed by atoms with Crippen LogP contribution in [0.1, 0.15) is 17.3 Å². The maximum absolute atomic E-state index is 12.2. The number of pyridine rings is 1. The summed E-state index contributed by atoms with van der Waals surface area (Å²) in [5.41, 5.74) is 2.61. The lowest BCUT2D eigenvalue weighted by molar-refractivity contribution is -0.121. The molecule has 0 aliphatic carbocycles. The van der Waals surface area contributed by atoms with E-state index in [1.165, 1.54) is 6.20 Å². The number of ether oxygens (including phenoxy) is 1. The van der Waals surface area contributed by atoms with Gasteiger partial charge in [0.05, 0.1) is 11.3 Å². The molecule has 0 radical (unpaired) electrons. The Labute approximate surface area is 139 Å². The smallest absolute Gasteiger partial charge is 0.265 e. The van der Waals surface area contributed by atoms with Gasteiger partial charge < -0.3 is 15.0 Å². The normalized spacial score (nSPS) is 13.0. The number of fused-ring (bicyclic) bond motifs is 1. The van der Waals surface area contributed by atoms with Gasteiger partial charge in [-0.25, -0.2) is 0 Å². The fraction of sp³-hybridized carbons (Fsp3) is 0.167. The minimum absolute atomic E-state index is 0.0275. The number of aromatic nitrogens is 1. The van der Waals surface area contributed by atoms with Gasteiger partial charge in [0.2, 0.25) is 0 Å². The summed E-state index contributed by atoms with van der Waals surface area (Å²) in [5, 5.41) is 2.80. The first-order chi connectivity index (χ1) is 11.5. The highest BCUT2D eigenvalue weighted by atomic mass is 16.5. The van der Waals surface area contributed by atoms with E-state index in [0.717, 1.165) is 5.57 Å². The van der Waals surface area contributed by atoms with Crippen molar-refractivity contribution >= 4 is 23.2 Å². The number of nitrogens with one attached hydrogen (secondary N) is 1. The summed E-state index contributed by atoms with van der Waals surface area (Å²) in [5.74, 6) is 0.186. The molecule has 6 nitrogen and oxygen atoms in total. The molecule has 1 N–H and O–H groups in total. The van der Waals surface area contributed by atoms with Gasteiger partial charge in [-0.1, -0.05) is 12.2 Å². The van der Waals surface area contributed by atoms with Gasteiger partial charge in [-0.3, -0.25) is 14.6 Å². The van der Waals surface area contributed by atoms with Crippen LogP contribution in [0.2, 0.25) is 0 Å². The molecule has 1 aliphatic heterocycles. The molecule has 0 atom stereocenters. The molecule has 0 unspecified atom stereocenters. The molecule has 122 valence electrons. The van der Waals surface area contributed by atoms with Gasteiger partial charge in [-0.2, -0.15) is 0 Å². The van der Waals surface area contributed by atoms with E-state index in [2.05, 4.69) is 16.9 Å². The first kappa shape index (κ1) is 15.7. The zero-order chi connectivity index (χ0) is 17.1. The van der Waals surface area contributed by atoms with Crippen LogP contribution in [0.5, 0.6) is 5.75 Å². The number of amides is 2. The number of hydrogen-bond acceptors (Lipinski definition) is 4. The predicted octanol–water partition coefficient (Wildman–Crippen LogP) is 2.64. The number of rotatable bonds is 4. The molecule has 2 aromatic rings. The molecule has 0 fully saturated rings. The Balaban J connectivity index is 1.82. The second-order valence-electron chi connectivity index (χ2n) is 5.60. The average Bonchev–Trinajstić information content (AvgIpc) is 2.58. The lowest BCUT2D eigenvalue weighted by atomic mass is 10.2. The third kappa shape index (κ3) is 3.27. The second kappa shape index (κ2) is 6.54. The van der Waals surface area contributed by atoms with Gasteiger partial charge in [0.15, 0.2) is 6.61 Å². The summed E-state index contributed by atoms with van der Waals surface area (Å²) >= 11 is 0. The Bertz CT molecular complexity index is 802. The van der Waals surface area contributed by atoms with Crippen molar-refractivity contribution in [1.82, 2.24) is 4.98 Å². The van der Waals surface area contributed by atoms with E-state index in [0.29, 0.717) is 29.2 Å². The number of carbonyl (C=O) groups is 2. The maximum atomic E-state index is 12.2. The molecule has 0 bridgehead atoms. The maximum Gasteiger partial charge on any atom is 0.265 e. The zero-order valence-corrected chi connectivity index (χ0v) is 13.3. The molecule has 6 heteroatoms. The van der Waals surface area contributed by atoms with Crippen LogP contribution in [0.4, 0.5) is 11.4 Å². The summed E-state index contributed by atoms with van der Waals surface area (Å²) in [6.07, 6.45) is 3.11. The molecule has 3 rings (SSSR count). The summed E-state index contributed by atoms with van der Waals surface area (Å²) in [4.78, 5) is 29.8. The number of hydrogen-bond donors (Lipinski definition) is 1. The average molecular weight is 323 g/mol. The standard InChI is InChI=1S/C18H17N3O3/c1-12(2)10-21-15-6-5-14(8-16(15)24-11-17(21)22)20-18(23)13-4-3-7-19-9-13/h3-9H,1,10-11H2,2H3,(H,20,23). The van der Waals surface area contributed by atoms with Gasteiger partial charge in [-0.05, 0) is 31.2 Å². The molecule has 2 heterocycles. The second-order valence-corrected chi connectivity index (χ2v) is 5.60. The van der Waals surface area contributed by atoms with E-state index in [9.17, 15) is 9.59 Å². The van der Waals surface area contributed by atoms with Crippen molar-refractivity contribution in [1.29, 1.82) is 0 Å². The van der Waals surface area contributed by atoms with E-state index in [-0.39, 0.29) is 18.4 Å². The van der Waals surface area contributed by atoms with E-state index in [1.54, 1.807) is 41.4 Å². The molecule has 0 saturated carbocycles. The molecule has 1 aliphatic rings. The van der Waals surface area contributed by atoms with Crippen LogP contribution in [0, 0.1) is 0 Å². The van der Waals surface area contributed by atoms with Crippen molar-refractivity contribution in [3.8, 4) is 5.75 Å². The van der Waals surface area contributed by atoms with Gasteiger partial charge in [0.1, 0.15) is 5.75 Å². The number of carbonyl (C=O) groups excluding carboxylic acids is 2. The lowest BCUT2D eigenvalue weighted by Gasteiger charge is -2.29. The van der Waals surface area contributed by atoms with Crippen LogP contribution in [0.3, 0.4) is 0 Å². The molecule has 24 heavy (non-hydrogen) atoms. The topological polar surface area (TPSA) is 71.5 Å². The quantitative estimate of drug-likeness (QED) is 0.878. The van der Waals surface area contributed by atoms with Crippen LogP contribution in [0.25, 0.3) is 0 Å².